The molecule has 1 N–H and O–H groups in total. The molecule has 1 aromatic rings. The van der Waals surface area contributed by atoms with Crippen LogP contribution in [-0.2, 0) is 24.7 Å². The van der Waals surface area contributed by atoms with E-state index in [9.17, 15) is 24.3 Å². The fraction of sp³-hybridized carbons (Fsp3) is 0.565. The molecule has 0 radical (unpaired) electrons. The number of carboxylic acids is 1. The Kier molecular flexibility index (Phi) is 8.66. The highest BCUT2D eigenvalue weighted by Crippen LogP contribution is 2.42. The van der Waals surface area contributed by atoms with Gasteiger partial charge in [0.25, 0.3) is 0 Å². The van der Waals surface area contributed by atoms with Crippen LogP contribution in [0.3, 0.4) is 0 Å². The largest absolute Gasteiger partial charge is 0.480 e. The third-order valence-electron chi connectivity index (χ3n) is 6.32. The molecule has 3 atom stereocenters. The molecule has 0 bridgehead atoms. The second-order valence-electron chi connectivity index (χ2n) is 8.23. The van der Waals surface area contributed by atoms with Gasteiger partial charge in [-0.05, 0) is 31.2 Å². The Morgan fingerprint density at radius 2 is 1.91 bits per heavy atom. The van der Waals surface area contributed by atoms with Crippen LogP contribution >= 0.6 is 11.6 Å². The van der Waals surface area contributed by atoms with Crippen LogP contribution in [0.4, 0.5) is 4.79 Å². The average Bonchev–Trinajstić information content (AvgIpc) is 2.75. The second kappa shape index (κ2) is 10.8. The van der Waals surface area contributed by atoms with Crippen molar-refractivity contribution in [3.05, 3.63) is 34.9 Å². The zero-order valence-electron chi connectivity index (χ0n) is 19.0. The van der Waals surface area contributed by atoms with E-state index >= 15 is 0 Å². The maximum Gasteiger partial charge on any atom is 0.412 e. The summed E-state index contributed by atoms with van der Waals surface area (Å²) in [5.41, 5.74) is -0.755. The highest BCUT2D eigenvalue weighted by molar-refractivity contribution is 6.31. The highest BCUT2D eigenvalue weighted by Gasteiger charge is 2.48. The van der Waals surface area contributed by atoms with Gasteiger partial charge in [-0.3, -0.25) is 19.4 Å². The lowest BCUT2D eigenvalue weighted by Crippen LogP contribution is -2.55. The van der Waals surface area contributed by atoms with Crippen LogP contribution in [0.15, 0.2) is 24.3 Å². The SMILES string of the molecule is CC[C@@H](C)[C@@H](C(=O)O)N(COC(=O)N(C)[C@]1(c2ccccc2Cl)CCCCC1=O)C(C)=O. The summed E-state index contributed by atoms with van der Waals surface area (Å²) in [4.78, 5) is 52.4. The van der Waals surface area contributed by atoms with Gasteiger partial charge in [-0.1, -0.05) is 50.1 Å². The molecular formula is C23H31ClN2O6. The summed E-state index contributed by atoms with van der Waals surface area (Å²) in [5.74, 6) is -2.18. The molecule has 0 unspecified atom stereocenters. The van der Waals surface area contributed by atoms with Crippen LogP contribution in [0.1, 0.15) is 58.4 Å². The van der Waals surface area contributed by atoms with E-state index in [0.717, 1.165) is 17.7 Å². The Bertz CT molecular complexity index is 876. The summed E-state index contributed by atoms with van der Waals surface area (Å²) in [6.07, 6.45) is 1.84. The van der Waals surface area contributed by atoms with Crippen molar-refractivity contribution in [1.29, 1.82) is 0 Å². The number of halogens is 1. The number of carboxylic acid groups (broad SMARTS) is 1. The number of carbonyl (C=O) groups excluding carboxylic acids is 3. The first kappa shape index (κ1) is 25.6. The minimum atomic E-state index is -1.28. The molecule has 1 aliphatic rings. The standard InChI is InChI=1S/C23H31ClN2O6/c1-5-15(2)20(21(29)30)26(16(3)27)14-32-22(31)25(4)23(13-9-8-12-19(23)28)17-10-6-7-11-18(17)24/h6-7,10-11,15,20H,5,8-9,12-14H2,1-4H3,(H,29,30)/t15-,20+,23+/m1/s1. The molecule has 0 spiro atoms. The van der Waals surface area contributed by atoms with Gasteiger partial charge in [0.1, 0.15) is 11.6 Å². The zero-order valence-corrected chi connectivity index (χ0v) is 19.7. The van der Waals surface area contributed by atoms with E-state index in [2.05, 4.69) is 0 Å². The molecular weight excluding hydrogens is 436 g/mol. The lowest BCUT2D eigenvalue weighted by Gasteiger charge is -2.43. The van der Waals surface area contributed by atoms with Crippen LogP contribution in [-0.4, -0.2) is 58.5 Å². The topological polar surface area (TPSA) is 104 Å². The number of likely N-dealkylation sites (N-methyl/N-ethyl adjacent to an activating group) is 1. The summed E-state index contributed by atoms with van der Waals surface area (Å²) in [6, 6.07) is 5.76. The minimum absolute atomic E-state index is 0.136. The van der Waals surface area contributed by atoms with Crippen LogP contribution in [0.5, 0.6) is 0 Å². The Labute approximate surface area is 193 Å². The maximum absolute atomic E-state index is 13.1. The number of ketones is 1. The van der Waals surface area contributed by atoms with E-state index in [4.69, 9.17) is 16.3 Å². The van der Waals surface area contributed by atoms with Crippen LogP contribution < -0.4 is 0 Å². The van der Waals surface area contributed by atoms with Gasteiger partial charge in [-0.25, -0.2) is 9.59 Å². The van der Waals surface area contributed by atoms with Gasteiger partial charge in [0, 0.05) is 31.0 Å². The van der Waals surface area contributed by atoms with E-state index < -0.39 is 36.3 Å². The number of benzene rings is 1. The van der Waals surface area contributed by atoms with Gasteiger partial charge < -0.3 is 9.84 Å². The number of aliphatic carboxylic acids is 1. The van der Waals surface area contributed by atoms with Gasteiger partial charge in [0.05, 0.1) is 0 Å². The average molecular weight is 467 g/mol. The molecule has 2 rings (SSSR count). The van der Waals surface area contributed by atoms with Crippen LogP contribution in [0.2, 0.25) is 5.02 Å². The molecule has 176 valence electrons. The molecule has 1 fully saturated rings. The van der Waals surface area contributed by atoms with Crippen molar-refractivity contribution in [1.82, 2.24) is 9.80 Å². The molecule has 1 aromatic carbocycles. The van der Waals surface area contributed by atoms with Gasteiger partial charge in [0.15, 0.2) is 12.5 Å². The second-order valence-corrected chi connectivity index (χ2v) is 8.63. The number of hydrogen-bond acceptors (Lipinski definition) is 5. The number of hydrogen-bond donors (Lipinski definition) is 1. The Balaban J connectivity index is 2.32. The maximum atomic E-state index is 13.1. The fourth-order valence-electron chi connectivity index (χ4n) is 4.28. The predicted octanol–water partition coefficient (Wildman–Crippen LogP) is 4.05. The van der Waals surface area contributed by atoms with Crippen molar-refractivity contribution < 1.29 is 29.0 Å². The highest BCUT2D eigenvalue weighted by atomic mass is 35.5. The number of rotatable bonds is 8. The van der Waals surface area contributed by atoms with Crippen LogP contribution in [0, 0.1) is 5.92 Å². The van der Waals surface area contributed by atoms with E-state index in [1.54, 1.807) is 31.2 Å². The minimum Gasteiger partial charge on any atom is -0.480 e. The molecule has 0 saturated heterocycles. The Hall–Kier alpha value is -2.61. The molecule has 32 heavy (non-hydrogen) atoms. The first-order valence-corrected chi connectivity index (χ1v) is 11.1. The first-order valence-electron chi connectivity index (χ1n) is 10.8. The molecule has 8 nitrogen and oxygen atoms in total. The molecule has 1 aliphatic carbocycles. The van der Waals surface area contributed by atoms with Gasteiger partial charge >= 0.3 is 12.1 Å². The fourth-order valence-corrected chi connectivity index (χ4v) is 4.57. The van der Waals surface area contributed by atoms with Crippen molar-refractivity contribution in [3.8, 4) is 0 Å². The summed E-state index contributed by atoms with van der Waals surface area (Å²) < 4.78 is 5.37. The quantitative estimate of drug-likeness (QED) is 0.579. The van der Waals surface area contributed by atoms with Gasteiger partial charge in [-0.15, -0.1) is 0 Å². The van der Waals surface area contributed by atoms with E-state index in [-0.39, 0.29) is 11.7 Å². The van der Waals surface area contributed by atoms with Gasteiger partial charge in [-0.2, -0.15) is 0 Å². The zero-order chi connectivity index (χ0) is 24.1. The van der Waals surface area contributed by atoms with Gasteiger partial charge in [0.2, 0.25) is 5.91 Å². The lowest BCUT2D eigenvalue weighted by atomic mass is 9.74. The molecule has 2 amide bonds. The number of ether oxygens (including phenoxy) is 1. The molecule has 0 heterocycles. The molecule has 0 aromatic heterocycles. The van der Waals surface area contributed by atoms with Crippen LogP contribution in [0.25, 0.3) is 0 Å². The van der Waals surface area contributed by atoms with Crippen molar-refractivity contribution >= 4 is 35.4 Å². The molecule has 9 heteroatoms. The summed E-state index contributed by atoms with van der Waals surface area (Å²) >= 11 is 6.41. The van der Waals surface area contributed by atoms with E-state index in [1.165, 1.54) is 18.9 Å². The summed E-state index contributed by atoms with van der Waals surface area (Å²) in [6.45, 7) is 4.23. The number of carbonyl (C=O) groups is 4. The van der Waals surface area contributed by atoms with E-state index in [1.807, 2.05) is 6.92 Å². The predicted molar refractivity (Wildman–Crippen MR) is 119 cm³/mol. The smallest absolute Gasteiger partial charge is 0.412 e. The molecule has 0 aliphatic heterocycles. The third kappa shape index (κ3) is 5.06. The third-order valence-corrected chi connectivity index (χ3v) is 6.65. The molecule has 1 saturated carbocycles. The number of Topliss-reactive ketones (excluding diaryl/α,β-unsaturated/α-hetero) is 1. The lowest BCUT2D eigenvalue weighted by molar-refractivity contribution is -0.156. The number of amides is 2. The van der Waals surface area contributed by atoms with Crippen molar-refractivity contribution in [2.75, 3.05) is 13.8 Å². The normalized spacial score (nSPS) is 20.2. The Morgan fingerprint density at radius 3 is 2.44 bits per heavy atom. The van der Waals surface area contributed by atoms with Crippen molar-refractivity contribution in [2.45, 2.75) is 64.5 Å². The monoisotopic (exact) mass is 466 g/mol. The summed E-state index contributed by atoms with van der Waals surface area (Å²) in [7, 11) is 1.47. The summed E-state index contributed by atoms with van der Waals surface area (Å²) in [5, 5.41) is 9.99. The first-order chi connectivity index (χ1) is 15.1. The van der Waals surface area contributed by atoms with E-state index in [0.29, 0.717) is 29.8 Å². The van der Waals surface area contributed by atoms with Crippen molar-refractivity contribution in [3.63, 3.8) is 0 Å². The number of nitrogens with zero attached hydrogens (tertiary/aromatic N) is 2. The Morgan fingerprint density at radius 1 is 1.25 bits per heavy atom. The van der Waals surface area contributed by atoms with Crippen molar-refractivity contribution in [2.24, 2.45) is 5.92 Å².